The molecular formula is C22H14N2O2S. The minimum absolute atomic E-state index is 0.0901. The Labute approximate surface area is 159 Å². The van der Waals surface area contributed by atoms with Gasteiger partial charge in [-0.3, -0.25) is 10.1 Å². The van der Waals surface area contributed by atoms with Crippen LogP contribution >= 0.6 is 11.3 Å². The summed E-state index contributed by atoms with van der Waals surface area (Å²) in [4.78, 5) is 16.1. The highest BCUT2D eigenvalue weighted by Crippen LogP contribution is 2.43. The lowest BCUT2D eigenvalue weighted by Crippen LogP contribution is -2.19. The van der Waals surface area contributed by atoms with E-state index in [1.165, 1.54) is 5.56 Å². The van der Waals surface area contributed by atoms with Crippen molar-refractivity contribution < 1.29 is 4.92 Å². The number of hydrogen-bond donors (Lipinski definition) is 0. The molecule has 27 heavy (non-hydrogen) atoms. The Morgan fingerprint density at radius 1 is 1.00 bits per heavy atom. The maximum absolute atomic E-state index is 11.5. The number of rotatable bonds is 3. The Kier molecular flexibility index (Phi) is 3.62. The molecule has 2 aromatic carbocycles. The van der Waals surface area contributed by atoms with Crippen molar-refractivity contribution in [2.24, 2.45) is 4.99 Å². The normalized spacial score (nSPS) is 17.5. The molecule has 0 amide bonds. The third-order valence-corrected chi connectivity index (χ3v) is 5.78. The van der Waals surface area contributed by atoms with Gasteiger partial charge in [0.25, 0.3) is 5.69 Å². The average Bonchev–Trinajstić information content (AvgIpc) is 3.29. The van der Waals surface area contributed by atoms with Crippen molar-refractivity contribution in [3.8, 4) is 0 Å². The number of para-hydroxylation sites is 1. The molecule has 0 radical (unpaired) electrons. The van der Waals surface area contributed by atoms with Crippen LogP contribution in [0.2, 0.25) is 0 Å². The Morgan fingerprint density at radius 2 is 1.78 bits per heavy atom. The molecule has 0 spiro atoms. The second-order valence-corrected chi connectivity index (χ2v) is 7.34. The van der Waals surface area contributed by atoms with Crippen LogP contribution < -0.4 is 9.89 Å². The van der Waals surface area contributed by atoms with E-state index in [4.69, 9.17) is 4.99 Å². The maximum Gasteiger partial charge on any atom is 0.277 e. The number of nitro benzene ring substituents is 1. The first-order valence-electron chi connectivity index (χ1n) is 8.62. The van der Waals surface area contributed by atoms with Crippen LogP contribution in [0.15, 0.2) is 88.9 Å². The molecule has 1 atom stereocenters. The fourth-order valence-electron chi connectivity index (χ4n) is 3.79. The van der Waals surface area contributed by atoms with E-state index in [1.807, 2.05) is 35.7 Å². The van der Waals surface area contributed by atoms with E-state index in [9.17, 15) is 10.1 Å². The Morgan fingerprint density at radius 3 is 2.59 bits per heavy atom. The summed E-state index contributed by atoms with van der Waals surface area (Å²) < 4.78 is 0.973. The minimum Gasteiger partial charge on any atom is -0.258 e. The van der Waals surface area contributed by atoms with Crippen LogP contribution in [-0.4, -0.2) is 4.92 Å². The first-order valence-corrected chi connectivity index (χ1v) is 9.50. The van der Waals surface area contributed by atoms with E-state index in [2.05, 4.69) is 24.3 Å². The summed E-state index contributed by atoms with van der Waals surface area (Å²) in [5.74, 6) is 0.0901. The Bertz CT molecular complexity index is 1250. The highest BCUT2D eigenvalue weighted by molar-refractivity contribution is 7.07. The fourth-order valence-corrected chi connectivity index (χ4v) is 4.57. The first-order chi connectivity index (χ1) is 13.2. The summed E-state index contributed by atoms with van der Waals surface area (Å²) in [7, 11) is 0. The van der Waals surface area contributed by atoms with E-state index in [1.54, 1.807) is 29.5 Å². The summed E-state index contributed by atoms with van der Waals surface area (Å²) in [6.07, 6.45) is 4.11. The summed E-state index contributed by atoms with van der Waals surface area (Å²) in [5.41, 5.74) is 4.70. The maximum atomic E-state index is 11.5. The number of fused-ring (bicyclic) bond motifs is 2. The highest BCUT2D eigenvalue weighted by Gasteiger charge is 2.30. The molecule has 1 aromatic heterocycles. The predicted molar refractivity (Wildman–Crippen MR) is 107 cm³/mol. The van der Waals surface area contributed by atoms with Gasteiger partial charge < -0.3 is 0 Å². The average molecular weight is 370 g/mol. The number of allylic oxidation sites excluding steroid dienone is 4. The third-order valence-electron chi connectivity index (χ3n) is 4.97. The summed E-state index contributed by atoms with van der Waals surface area (Å²) in [5, 5.41) is 14.7. The van der Waals surface area contributed by atoms with E-state index in [0.717, 1.165) is 26.7 Å². The third kappa shape index (κ3) is 2.47. The molecule has 2 aliphatic rings. The monoisotopic (exact) mass is 370 g/mol. The fraction of sp³-hybridized carbons (Fsp3) is 0.0455. The standard InChI is InChI=1S/C22H14N2O2S/c25-24(26)19-9-5-4-8-16(19)17-11-10-15(14-6-2-1-3-7-14)20-18-12-13-27-22(18)23-21(17)20/h1-13,15H. The van der Waals surface area contributed by atoms with E-state index in [0.29, 0.717) is 5.56 Å². The topological polar surface area (TPSA) is 55.5 Å². The molecule has 3 aromatic rings. The molecule has 0 bridgehead atoms. The van der Waals surface area contributed by atoms with Crippen LogP contribution in [-0.2, 0) is 0 Å². The van der Waals surface area contributed by atoms with Crippen molar-refractivity contribution in [1.29, 1.82) is 0 Å². The molecule has 1 aliphatic heterocycles. The van der Waals surface area contributed by atoms with Crippen LogP contribution in [0.4, 0.5) is 5.69 Å². The van der Waals surface area contributed by atoms with Gasteiger partial charge in [-0.1, -0.05) is 54.6 Å². The van der Waals surface area contributed by atoms with Gasteiger partial charge in [0.15, 0.2) is 0 Å². The van der Waals surface area contributed by atoms with Gasteiger partial charge in [0.1, 0.15) is 4.67 Å². The van der Waals surface area contributed by atoms with Gasteiger partial charge in [-0.25, -0.2) is 4.99 Å². The molecule has 0 saturated carbocycles. The molecule has 1 unspecified atom stereocenters. The zero-order valence-corrected chi connectivity index (χ0v) is 15.0. The van der Waals surface area contributed by atoms with Crippen molar-refractivity contribution in [3.05, 3.63) is 115 Å². The predicted octanol–water partition coefficient (Wildman–Crippen LogP) is 4.21. The zero-order chi connectivity index (χ0) is 18.4. The molecule has 4 nitrogen and oxygen atoms in total. The molecular weight excluding hydrogens is 356 g/mol. The van der Waals surface area contributed by atoms with Crippen molar-refractivity contribution in [2.45, 2.75) is 5.92 Å². The number of nitrogens with zero attached hydrogens (tertiary/aromatic N) is 2. The number of hydrogen-bond acceptors (Lipinski definition) is 4. The second kappa shape index (κ2) is 6.14. The van der Waals surface area contributed by atoms with Gasteiger partial charge in [0.05, 0.1) is 16.2 Å². The Balaban J connectivity index is 1.78. The quantitative estimate of drug-likeness (QED) is 0.512. The summed E-state index contributed by atoms with van der Waals surface area (Å²) in [6.45, 7) is 0. The summed E-state index contributed by atoms with van der Waals surface area (Å²) >= 11 is 1.60. The SMILES string of the molecule is O=[N+]([O-])c1ccccc1C1=C2N=c3sccc3=C2C(c2ccccc2)C=C1. The van der Waals surface area contributed by atoms with E-state index in [-0.39, 0.29) is 16.5 Å². The smallest absolute Gasteiger partial charge is 0.258 e. The van der Waals surface area contributed by atoms with Crippen LogP contribution in [0.25, 0.3) is 11.1 Å². The van der Waals surface area contributed by atoms with Crippen LogP contribution in [0.5, 0.6) is 0 Å². The first kappa shape index (κ1) is 15.9. The van der Waals surface area contributed by atoms with Gasteiger partial charge in [0.2, 0.25) is 0 Å². The van der Waals surface area contributed by atoms with Crippen molar-refractivity contribution >= 4 is 28.2 Å². The minimum atomic E-state index is -0.329. The Hall–Kier alpha value is -3.31. The molecule has 1 aliphatic carbocycles. The van der Waals surface area contributed by atoms with Crippen LogP contribution in [0.3, 0.4) is 0 Å². The second-order valence-electron chi connectivity index (χ2n) is 6.45. The molecule has 130 valence electrons. The molecule has 5 heteroatoms. The van der Waals surface area contributed by atoms with Gasteiger partial charge in [-0.15, -0.1) is 11.3 Å². The lowest BCUT2D eigenvalue weighted by molar-refractivity contribution is -0.385. The molecule has 0 fully saturated rings. The van der Waals surface area contributed by atoms with Crippen molar-refractivity contribution in [1.82, 2.24) is 0 Å². The van der Waals surface area contributed by atoms with Gasteiger partial charge in [0, 0.05) is 28.3 Å². The molecule has 0 N–H and O–H groups in total. The van der Waals surface area contributed by atoms with Gasteiger partial charge >= 0.3 is 0 Å². The number of benzene rings is 2. The van der Waals surface area contributed by atoms with E-state index < -0.39 is 0 Å². The number of nitro groups is 1. The van der Waals surface area contributed by atoms with E-state index >= 15 is 0 Å². The molecule has 2 heterocycles. The lowest BCUT2D eigenvalue weighted by Gasteiger charge is -2.22. The van der Waals surface area contributed by atoms with Crippen LogP contribution in [0.1, 0.15) is 17.0 Å². The van der Waals surface area contributed by atoms with Gasteiger partial charge in [-0.05, 0) is 23.1 Å². The van der Waals surface area contributed by atoms with Gasteiger partial charge in [-0.2, -0.15) is 0 Å². The molecule has 5 rings (SSSR count). The number of thiophene rings is 1. The largest absolute Gasteiger partial charge is 0.277 e. The highest BCUT2D eigenvalue weighted by atomic mass is 32.1. The van der Waals surface area contributed by atoms with Crippen molar-refractivity contribution in [2.75, 3.05) is 0 Å². The zero-order valence-electron chi connectivity index (χ0n) is 14.2. The summed E-state index contributed by atoms with van der Waals surface area (Å²) in [6, 6.07) is 19.3. The van der Waals surface area contributed by atoms with Crippen LogP contribution in [0, 0.1) is 10.1 Å². The lowest BCUT2D eigenvalue weighted by atomic mass is 9.81. The molecule has 0 saturated heterocycles. The van der Waals surface area contributed by atoms with Crippen molar-refractivity contribution in [3.63, 3.8) is 0 Å².